The Labute approximate surface area is 219 Å². The van der Waals surface area contributed by atoms with E-state index in [4.69, 9.17) is 14.2 Å². The maximum Gasteiger partial charge on any atom is 0.237 e. The molecule has 1 saturated heterocycles. The van der Waals surface area contributed by atoms with E-state index in [0.29, 0.717) is 35.5 Å². The van der Waals surface area contributed by atoms with Gasteiger partial charge in [-0.2, -0.15) is 0 Å². The second-order valence-corrected chi connectivity index (χ2v) is 12.8. The monoisotopic (exact) mass is 535 g/mol. The fourth-order valence-corrected chi connectivity index (χ4v) is 4.47. The van der Waals surface area contributed by atoms with Gasteiger partial charge < -0.3 is 14.2 Å². The fraction of sp³-hybridized carbons (Fsp3) is 0.556. The zero-order chi connectivity index (χ0) is 27.6. The van der Waals surface area contributed by atoms with E-state index in [9.17, 15) is 12.8 Å². The molecule has 3 rings (SSSR count). The number of benzene rings is 1. The van der Waals surface area contributed by atoms with Gasteiger partial charge in [-0.25, -0.2) is 22.8 Å². The standard InChI is InChI=1S/C27H38FN3O5S/c1-17(2)23-22(14-13-20-15-21(16-34-26(3,4)5)36-27(6,7)35-20)24(18-9-11-19(28)12-10-18)30-25(29-23)31-37(8,32)33/h9-14,17,20-21H,15-16H2,1-8H3,(H,29,30,31)/b14-13+/t20-,21-/m1/s1. The van der Waals surface area contributed by atoms with Crippen molar-refractivity contribution in [1.82, 2.24) is 9.97 Å². The zero-order valence-corrected chi connectivity index (χ0v) is 23.6. The molecular formula is C27H38FN3O5S. The first-order valence-corrected chi connectivity index (χ1v) is 14.2. The molecule has 1 fully saturated rings. The first-order valence-electron chi connectivity index (χ1n) is 12.3. The SMILES string of the molecule is CC(C)c1nc(NS(C)(=O)=O)nc(-c2ccc(F)cc2)c1/C=C/[C@@H]1C[C@H](COC(C)(C)C)OC(C)(C)O1. The van der Waals surface area contributed by atoms with Gasteiger partial charge in [-0.3, -0.25) is 4.72 Å². The molecule has 2 heterocycles. The van der Waals surface area contributed by atoms with Gasteiger partial charge in [0.1, 0.15) is 5.82 Å². The molecule has 8 nitrogen and oxygen atoms in total. The van der Waals surface area contributed by atoms with Crippen LogP contribution in [0.5, 0.6) is 0 Å². The molecule has 37 heavy (non-hydrogen) atoms. The van der Waals surface area contributed by atoms with Crippen LogP contribution in [0, 0.1) is 5.82 Å². The molecule has 0 unspecified atom stereocenters. The van der Waals surface area contributed by atoms with Crippen LogP contribution in [0.25, 0.3) is 17.3 Å². The molecule has 0 spiro atoms. The smallest absolute Gasteiger partial charge is 0.237 e. The van der Waals surface area contributed by atoms with Crippen LogP contribution < -0.4 is 4.72 Å². The van der Waals surface area contributed by atoms with Crippen LogP contribution in [0.4, 0.5) is 10.3 Å². The minimum atomic E-state index is -3.60. The predicted molar refractivity (Wildman–Crippen MR) is 143 cm³/mol. The van der Waals surface area contributed by atoms with Gasteiger partial charge in [0, 0.05) is 17.5 Å². The van der Waals surface area contributed by atoms with Crippen LogP contribution in [0.3, 0.4) is 0 Å². The molecule has 10 heteroatoms. The van der Waals surface area contributed by atoms with Crippen LogP contribution in [0.2, 0.25) is 0 Å². The number of nitrogens with one attached hydrogen (secondary N) is 1. The third-order valence-electron chi connectivity index (χ3n) is 5.48. The average molecular weight is 536 g/mol. The highest BCUT2D eigenvalue weighted by molar-refractivity contribution is 7.91. The molecule has 0 bridgehead atoms. The molecule has 1 aliphatic heterocycles. The zero-order valence-electron chi connectivity index (χ0n) is 22.8. The van der Waals surface area contributed by atoms with Crippen molar-refractivity contribution in [3.05, 3.63) is 47.4 Å². The highest BCUT2D eigenvalue weighted by Gasteiger charge is 2.35. The molecule has 1 aromatic heterocycles. The lowest BCUT2D eigenvalue weighted by Gasteiger charge is -2.40. The molecule has 204 valence electrons. The Morgan fingerprint density at radius 3 is 2.41 bits per heavy atom. The lowest BCUT2D eigenvalue weighted by molar-refractivity contribution is -0.299. The van der Waals surface area contributed by atoms with Crippen LogP contribution >= 0.6 is 0 Å². The number of anilines is 1. The Kier molecular flexibility index (Phi) is 8.78. The van der Waals surface area contributed by atoms with E-state index in [-0.39, 0.29) is 35.5 Å². The lowest BCUT2D eigenvalue weighted by Crippen LogP contribution is -2.46. The average Bonchev–Trinajstić information content (AvgIpc) is 2.74. The van der Waals surface area contributed by atoms with Gasteiger partial charge in [-0.05, 0) is 64.8 Å². The molecule has 1 aromatic carbocycles. The summed E-state index contributed by atoms with van der Waals surface area (Å²) < 4.78 is 58.0. The second-order valence-electron chi connectivity index (χ2n) is 11.0. The van der Waals surface area contributed by atoms with Gasteiger partial charge >= 0.3 is 0 Å². The number of halogens is 1. The van der Waals surface area contributed by atoms with Crippen LogP contribution in [0.1, 0.15) is 72.1 Å². The Morgan fingerprint density at radius 2 is 1.84 bits per heavy atom. The molecule has 1 aliphatic rings. The van der Waals surface area contributed by atoms with Crippen molar-refractivity contribution in [3.8, 4) is 11.3 Å². The van der Waals surface area contributed by atoms with Crippen molar-refractivity contribution in [1.29, 1.82) is 0 Å². The minimum Gasteiger partial charge on any atom is -0.373 e. The second kappa shape index (κ2) is 11.1. The lowest BCUT2D eigenvalue weighted by atomic mass is 9.97. The van der Waals surface area contributed by atoms with Crippen molar-refractivity contribution < 1.29 is 27.0 Å². The van der Waals surface area contributed by atoms with Crippen molar-refractivity contribution >= 4 is 22.0 Å². The first-order chi connectivity index (χ1) is 17.0. The van der Waals surface area contributed by atoms with E-state index in [0.717, 1.165) is 6.26 Å². The molecule has 2 atom stereocenters. The predicted octanol–water partition coefficient (Wildman–Crippen LogP) is 5.52. The summed E-state index contributed by atoms with van der Waals surface area (Å²) in [5, 5.41) is 0. The Balaban J connectivity index is 2.03. The highest BCUT2D eigenvalue weighted by atomic mass is 32.2. The van der Waals surface area contributed by atoms with E-state index < -0.39 is 15.8 Å². The van der Waals surface area contributed by atoms with E-state index in [1.165, 1.54) is 12.1 Å². The number of rotatable bonds is 8. The summed E-state index contributed by atoms with van der Waals surface area (Å²) in [4.78, 5) is 9.02. The van der Waals surface area contributed by atoms with E-state index in [1.54, 1.807) is 12.1 Å². The molecule has 0 radical (unpaired) electrons. The topological polar surface area (TPSA) is 99.6 Å². The van der Waals surface area contributed by atoms with E-state index in [1.807, 2.05) is 60.6 Å². The van der Waals surface area contributed by atoms with Gasteiger partial charge in [0.05, 0.1) is 42.1 Å². The van der Waals surface area contributed by atoms with Crippen molar-refractivity contribution in [2.24, 2.45) is 0 Å². The summed E-state index contributed by atoms with van der Waals surface area (Å²) in [6, 6.07) is 5.90. The summed E-state index contributed by atoms with van der Waals surface area (Å²) >= 11 is 0. The van der Waals surface area contributed by atoms with Gasteiger partial charge in [0.25, 0.3) is 0 Å². The molecule has 0 amide bonds. The number of hydrogen-bond acceptors (Lipinski definition) is 7. The quantitative estimate of drug-likeness (QED) is 0.475. The van der Waals surface area contributed by atoms with Gasteiger partial charge in [-0.1, -0.05) is 26.0 Å². The molecule has 1 N–H and O–H groups in total. The van der Waals surface area contributed by atoms with Crippen LogP contribution in [0.15, 0.2) is 30.3 Å². The van der Waals surface area contributed by atoms with Gasteiger partial charge in [0.15, 0.2) is 5.79 Å². The number of hydrogen-bond donors (Lipinski definition) is 1. The summed E-state index contributed by atoms with van der Waals surface area (Å²) in [6.45, 7) is 14.1. The molecule has 2 aromatic rings. The first kappa shape index (κ1) is 29.2. The highest BCUT2D eigenvalue weighted by Crippen LogP contribution is 2.33. The van der Waals surface area contributed by atoms with Crippen molar-refractivity contribution in [2.75, 3.05) is 17.6 Å². The number of aromatic nitrogens is 2. The normalized spacial score (nSPS) is 20.5. The van der Waals surface area contributed by atoms with Crippen LogP contribution in [-0.2, 0) is 24.2 Å². The third-order valence-corrected chi connectivity index (χ3v) is 6.03. The largest absolute Gasteiger partial charge is 0.373 e. The maximum atomic E-state index is 13.7. The Bertz CT molecular complexity index is 1220. The molecule has 0 saturated carbocycles. The Morgan fingerprint density at radius 1 is 1.19 bits per heavy atom. The summed E-state index contributed by atoms with van der Waals surface area (Å²) in [6.07, 6.45) is 5.04. The number of nitrogens with zero attached hydrogens (tertiary/aromatic N) is 2. The summed E-state index contributed by atoms with van der Waals surface area (Å²) in [5.74, 6) is -1.28. The van der Waals surface area contributed by atoms with Gasteiger partial charge in [0.2, 0.25) is 16.0 Å². The van der Waals surface area contributed by atoms with Crippen molar-refractivity contribution in [3.63, 3.8) is 0 Å². The number of ether oxygens (including phenoxy) is 3. The maximum absolute atomic E-state index is 13.7. The minimum absolute atomic E-state index is 0.0366. The Hall–Kier alpha value is -2.40. The van der Waals surface area contributed by atoms with E-state index >= 15 is 0 Å². The molecular weight excluding hydrogens is 497 g/mol. The number of sulfonamides is 1. The molecule has 0 aliphatic carbocycles. The summed E-state index contributed by atoms with van der Waals surface area (Å²) in [7, 11) is -3.60. The van der Waals surface area contributed by atoms with E-state index in [2.05, 4.69) is 14.7 Å². The summed E-state index contributed by atoms with van der Waals surface area (Å²) in [5.41, 5.74) is 2.19. The van der Waals surface area contributed by atoms with Crippen molar-refractivity contribution in [2.45, 2.75) is 84.4 Å². The van der Waals surface area contributed by atoms with Gasteiger partial charge in [-0.15, -0.1) is 0 Å². The van der Waals surface area contributed by atoms with Crippen LogP contribution in [-0.4, -0.2) is 54.8 Å². The third kappa shape index (κ3) is 8.84. The fourth-order valence-electron chi connectivity index (χ4n) is 4.05.